The van der Waals surface area contributed by atoms with Crippen LogP contribution in [-0.2, 0) is 17.9 Å². The predicted molar refractivity (Wildman–Crippen MR) is 93.3 cm³/mol. The number of carbonyl (C=O) groups excluding carboxylic acids is 1. The van der Waals surface area contributed by atoms with Crippen molar-refractivity contribution in [1.82, 2.24) is 4.90 Å². The van der Waals surface area contributed by atoms with Crippen LogP contribution in [0.2, 0.25) is 0 Å². The number of benzene rings is 2. The van der Waals surface area contributed by atoms with E-state index >= 15 is 0 Å². The van der Waals surface area contributed by atoms with E-state index < -0.39 is 6.09 Å². The van der Waals surface area contributed by atoms with Gasteiger partial charge in [0.2, 0.25) is 0 Å². The van der Waals surface area contributed by atoms with Crippen LogP contribution in [-0.4, -0.2) is 24.1 Å². The van der Waals surface area contributed by atoms with Crippen LogP contribution in [0.15, 0.2) is 54.6 Å². The lowest BCUT2D eigenvalue weighted by atomic mass is 10.1. The number of hydrogen-bond acceptors (Lipinski definition) is 3. The van der Waals surface area contributed by atoms with E-state index in [2.05, 4.69) is 36.2 Å². The van der Waals surface area contributed by atoms with Crippen LogP contribution >= 0.6 is 0 Å². The van der Waals surface area contributed by atoms with E-state index in [1.165, 1.54) is 5.56 Å². The van der Waals surface area contributed by atoms with Gasteiger partial charge in [0.15, 0.2) is 0 Å². The minimum Gasteiger partial charge on any atom is -0.444 e. The molecule has 0 bridgehead atoms. The number of amides is 1. The molecular formula is C19H24N2O2. The van der Waals surface area contributed by atoms with Crippen molar-refractivity contribution in [3.63, 3.8) is 0 Å². The van der Waals surface area contributed by atoms with E-state index in [0.717, 1.165) is 30.9 Å². The molecule has 0 heterocycles. The minimum absolute atomic E-state index is 0.268. The fourth-order valence-electron chi connectivity index (χ4n) is 2.27. The van der Waals surface area contributed by atoms with E-state index in [0.29, 0.717) is 0 Å². The van der Waals surface area contributed by atoms with Crippen LogP contribution in [0.5, 0.6) is 0 Å². The summed E-state index contributed by atoms with van der Waals surface area (Å²) in [5, 5.41) is 2.70. The van der Waals surface area contributed by atoms with Gasteiger partial charge in [-0.05, 0) is 36.3 Å². The van der Waals surface area contributed by atoms with Gasteiger partial charge in [-0.1, -0.05) is 56.3 Å². The Balaban J connectivity index is 1.80. The first-order valence-electron chi connectivity index (χ1n) is 8.00. The zero-order chi connectivity index (χ0) is 16.5. The Labute approximate surface area is 138 Å². The van der Waals surface area contributed by atoms with Gasteiger partial charge in [-0.2, -0.15) is 0 Å². The van der Waals surface area contributed by atoms with Gasteiger partial charge in [-0.25, -0.2) is 4.79 Å². The standard InChI is InChI=1S/C19H24N2O2/c1-3-21(4-2)14-16-10-12-17(13-11-16)15-23-19(22)20-18-8-6-5-7-9-18/h5-13H,3-4,14-15H2,1-2H3,(H,20,22). The second-order valence-electron chi connectivity index (χ2n) is 5.35. The summed E-state index contributed by atoms with van der Waals surface area (Å²) < 4.78 is 5.23. The third kappa shape index (κ3) is 5.75. The third-order valence-electron chi connectivity index (χ3n) is 3.71. The van der Waals surface area contributed by atoms with Crippen LogP contribution in [0.4, 0.5) is 10.5 Å². The molecule has 0 aromatic heterocycles. The van der Waals surface area contributed by atoms with Crippen LogP contribution in [0.25, 0.3) is 0 Å². The lowest BCUT2D eigenvalue weighted by Gasteiger charge is -2.18. The van der Waals surface area contributed by atoms with E-state index in [9.17, 15) is 4.79 Å². The van der Waals surface area contributed by atoms with Crippen molar-refractivity contribution >= 4 is 11.8 Å². The highest BCUT2D eigenvalue weighted by atomic mass is 16.5. The molecule has 0 aliphatic carbocycles. The molecule has 0 aliphatic heterocycles. The first-order chi connectivity index (χ1) is 11.2. The Morgan fingerprint density at radius 3 is 2.17 bits per heavy atom. The second kappa shape index (κ2) is 8.96. The van der Waals surface area contributed by atoms with Crippen molar-refractivity contribution < 1.29 is 9.53 Å². The molecular weight excluding hydrogens is 288 g/mol. The molecule has 0 saturated heterocycles. The van der Waals surface area contributed by atoms with E-state index in [1.54, 1.807) is 0 Å². The van der Waals surface area contributed by atoms with E-state index in [-0.39, 0.29) is 6.61 Å². The Morgan fingerprint density at radius 1 is 0.957 bits per heavy atom. The highest BCUT2D eigenvalue weighted by molar-refractivity contribution is 5.84. The maximum absolute atomic E-state index is 11.7. The Hall–Kier alpha value is -2.33. The van der Waals surface area contributed by atoms with Crippen molar-refractivity contribution in [2.45, 2.75) is 27.0 Å². The van der Waals surface area contributed by atoms with Gasteiger partial charge in [-0.3, -0.25) is 10.2 Å². The summed E-state index contributed by atoms with van der Waals surface area (Å²) in [6.45, 7) is 7.63. The van der Waals surface area contributed by atoms with Crippen molar-refractivity contribution in [3.8, 4) is 0 Å². The molecule has 0 radical (unpaired) electrons. The molecule has 1 N–H and O–H groups in total. The zero-order valence-corrected chi connectivity index (χ0v) is 13.8. The van der Waals surface area contributed by atoms with Crippen LogP contribution in [0.3, 0.4) is 0 Å². The molecule has 0 fully saturated rings. The van der Waals surface area contributed by atoms with Gasteiger partial charge in [0.25, 0.3) is 0 Å². The van der Waals surface area contributed by atoms with Gasteiger partial charge in [0, 0.05) is 12.2 Å². The van der Waals surface area contributed by atoms with Crippen LogP contribution < -0.4 is 5.32 Å². The first-order valence-corrected chi connectivity index (χ1v) is 8.00. The van der Waals surface area contributed by atoms with E-state index in [1.807, 2.05) is 42.5 Å². The van der Waals surface area contributed by atoms with E-state index in [4.69, 9.17) is 4.74 Å². The van der Waals surface area contributed by atoms with Crippen molar-refractivity contribution in [2.75, 3.05) is 18.4 Å². The van der Waals surface area contributed by atoms with Crippen LogP contribution in [0.1, 0.15) is 25.0 Å². The van der Waals surface area contributed by atoms with Crippen molar-refractivity contribution in [1.29, 1.82) is 0 Å². The third-order valence-corrected chi connectivity index (χ3v) is 3.71. The minimum atomic E-state index is -0.441. The van der Waals surface area contributed by atoms with Gasteiger partial charge < -0.3 is 4.74 Å². The number of anilines is 1. The maximum Gasteiger partial charge on any atom is 0.411 e. The van der Waals surface area contributed by atoms with Crippen LogP contribution in [0, 0.1) is 0 Å². The summed E-state index contributed by atoms with van der Waals surface area (Å²) in [5.41, 5.74) is 2.98. The lowest BCUT2D eigenvalue weighted by molar-refractivity contribution is 0.155. The summed E-state index contributed by atoms with van der Waals surface area (Å²) in [7, 11) is 0. The molecule has 2 aromatic rings. The summed E-state index contributed by atoms with van der Waals surface area (Å²) in [5.74, 6) is 0. The lowest BCUT2D eigenvalue weighted by Crippen LogP contribution is -2.22. The second-order valence-corrected chi connectivity index (χ2v) is 5.35. The molecule has 2 aromatic carbocycles. The normalized spacial score (nSPS) is 10.6. The number of nitrogens with one attached hydrogen (secondary N) is 1. The summed E-state index contributed by atoms with van der Waals surface area (Å²) in [6.07, 6.45) is -0.441. The number of rotatable bonds is 7. The van der Waals surface area contributed by atoms with Crippen molar-refractivity contribution in [3.05, 3.63) is 65.7 Å². The number of carbonyl (C=O) groups is 1. The average molecular weight is 312 g/mol. The molecule has 0 aliphatic rings. The van der Waals surface area contributed by atoms with Gasteiger partial charge >= 0.3 is 6.09 Å². The summed E-state index contributed by atoms with van der Waals surface area (Å²) in [6, 6.07) is 17.5. The monoisotopic (exact) mass is 312 g/mol. The molecule has 2 rings (SSSR count). The topological polar surface area (TPSA) is 41.6 Å². The molecule has 4 nitrogen and oxygen atoms in total. The Morgan fingerprint density at radius 2 is 1.57 bits per heavy atom. The fraction of sp³-hybridized carbons (Fsp3) is 0.316. The molecule has 23 heavy (non-hydrogen) atoms. The fourth-order valence-corrected chi connectivity index (χ4v) is 2.27. The predicted octanol–water partition coefficient (Wildman–Crippen LogP) is 4.28. The highest BCUT2D eigenvalue weighted by Crippen LogP contribution is 2.10. The SMILES string of the molecule is CCN(CC)Cc1ccc(COC(=O)Nc2ccccc2)cc1. The van der Waals surface area contributed by atoms with Crippen molar-refractivity contribution in [2.24, 2.45) is 0 Å². The smallest absolute Gasteiger partial charge is 0.411 e. The summed E-state index contributed by atoms with van der Waals surface area (Å²) in [4.78, 5) is 14.1. The number of hydrogen-bond donors (Lipinski definition) is 1. The number of nitrogens with zero attached hydrogens (tertiary/aromatic N) is 1. The quantitative estimate of drug-likeness (QED) is 0.830. The first kappa shape index (κ1) is 17.0. The highest BCUT2D eigenvalue weighted by Gasteiger charge is 2.04. The van der Waals surface area contributed by atoms with Gasteiger partial charge in [0.1, 0.15) is 6.61 Å². The van der Waals surface area contributed by atoms with Gasteiger partial charge in [-0.15, -0.1) is 0 Å². The molecule has 1 amide bonds. The summed E-state index contributed by atoms with van der Waals surface area (Å²) >= 11 is 0. The number of ether oxygens (including phenoxy) is 1. The molecule has 4 heteroatoms. The zero-order valence-electron chi connectivity index (χ0n) is 13.8. The Bertz CT molecular complexity index is 593. The van der Waals surface area contributed by atoms with Gasteiger partial charge in [0.05, 0.1) is 0 Å². The molecule has 0 atom stereocenters. The molecule has 0 spiro atoms. The molecule has 0 saturated carbocycles. The molecule has 122 valence electrons. The largest absolute Gasteiger partial charge is 0.444 e. The molecule has 0 unspecified atom stereocenters. The Kier molecular flexibility index (Phi) is 6.63. The average Bonchev–Trinajstić information content (AvgIpc) is 2.60. The number of para-hydroxylation sites is 1. The maximum atomic E-state index is 11.7.